The Morgan fingerprint density at radius 2 is 1.91 bits per heavy atom. The number of anilines is 2. The van der Waals surface area contributed by atoms with Crippen molar-refractivity contribution in [1.29, 1.82) is 0 Å². The minimum absolute atomic E-state index is 0.109. The maximum Gasteiger partial charge on any atom is 0.285 e. The summed E-state index contributed by atoms with van der Waals surface area (Å²) in [4.78, 5) is 18.0. The second kappa shape index (κ2) is 8.68. The summed E-state index contributed by atoms with van der Waals surface area (Å²) in [5.74, 6) is 0.494. The van der Waals surface area contributed by atoms with Gasteiger partial charge in [-0.25, -0.2) is 18.5 Å². The van der Waals surface area contributed by atoms with E-state index >= 15 is 0 Å². The van der Waals surface area contributed by atoms with E-state index in [2.05, 4.69) is 19.9 Å². The van der Waals surface area contributed by atoms with Crippen LogP contribution in [0.25, 0.3) is 11.1 Å². The van der Waals surface area contributed by atoms with Gasteiger partial charge in [-0.15, -0.1) is 0 Å². The summed E-state index contributed by atoms with van der Waals surface area (Å²) in [6.07, 6.45) is 5.31. The monoisotopic (exact) mass is 487 g/mol. The molecule has 1 atom stereocenters. The summed E-state index contributed by atoms with van der Waals surface area (Å²) in [6, 6.07) is 11.0. The van der Waals surface area contributed by atoms with Crippen LogP contribution in [0.4, 0.5) is 11.4 Å². The molecule has 11 heteroatoms. The first-order valence-corrected chi connectivity index (χ1v) is 12.5. The lowest BCUT2D eigenvalue weighted by molar-refractivity contribution is 0.216. The molecule has 2 fully saturated rings. The number of hydrogen-bond acceptors (Lipinski definition) is 7. The van der Waals surface area contributed by atoms with E-state index in [1.807, 2.05) is 29.2 Å². The Morgan fingerprint density at radius 1 is 1.12 bits per heavy atom. The van der Waals surface area contributed by atoms with E-state index in [1.54, 1.807) is 24.5 Å². The molecular weight excluding hydrogens is 466 g/mol. The van der Waals surface area contributed by atoms with Gasteiger partial charge >= 0.3 is 0 Å². The molecule has 5 rings (SSSR count). The van der Waals surface area contributed by atoms with Crippen molar-refractivity contribution in [3.8, 4) is 17.0 Å². The fourth-order valence-electron chi connectivity index (χ4n) is 3.82. The van der Waals surface area contributed by atoms with Crippen molar-refractivity contribution in [3.05, 3.63) is 64.2 Å². The number of sulfonamides is 1. The van der Waals surface area contributed by atoms with E-state index in [1.165, 1.54) is 0 Å². The summed E-state index contributed by atoms with van der Waals surface area (Å²) in [7, 11) is -3.28. The molecule has 0 radical (unpaired) electrons. The number of ether oxygens (including phenoxy) is 1. The van der Waals surface area contributed by atoms with E-state index in [-0.39, 0.29) is 16.4 Å². The van der Waals surface area contributed by atoms with Crippen molar-refractivity contribution in [1.82, 2.24) is 15.2 Å². The van der Waals surface area contributed by atoms with E-state index < -0.39 is 15.6 Å². The molecule has 0 spiro atoms. The molecule has 0 amide bonds. The highest BCUT2D eigenvalue weighted by atomic mass is 35.5. The predicted molar refractivity (Wildman–Crippen MR) is 126 cm³/mol. The fourth-order valence-corrected chi connectivity index (χ4v) is 5.42. The maximum atomic E-state index is 12.1. The molecule has 0 unspecified atom stereocenters. The van der Waals surface area contributed by atoms with Gasteiger partial charge < -0.3 is 9.64 Å². The van der Waals surface area contributed by atoms with E-state index in [0.29, 0.717) is 30.3 Å². The van der Waals surface area contributed by atoms with Crippen molar-refractivity contribution < 1.29 is 13.2 Å². The number of hydrogen-bond donors (Lipinski definition) is 2. The zero-order valence-corrected chi connectivity index (χ0v) is 19.1. The third kappa shape index (κ3) is 4.81. The highest BCUT2D eigenvalue weighted by Gasteiger charge is 2.35. The van der Waals surface area contributed by atoms with Crippen LogP contribution in [0, 0.1) is 0 Å². The number of aromatic amines is 1. The molecule has 1 aliphatic heterocycles. The van der Waals surface area contributed by atoms with E-state index in [9.17, 15) is 13.2 Å². The lowest BCUT2D eigenvalue weighted by atomic mass is 10.1. The number of halogens is 1. The highest BCUT2D eigenvalue weighted by molar-refractivity contribution is 7.93. The van der Waals surface area contributed by atoms with Crippen LogP contribution >= 0.6 is 11.6 Å². The van der Waals surface area contributed by atoms with Crippen LogP contribution in [0.1, 0.15) is 19.3 Å². The molecular formula is C22H22ClN5O4S. The molecule has 33 heavy (non-hydrogen) atoms. The van der Waals surface area contributed by atoms with Crippen LogP contribution in [0.15, 0.2) is 53.6 Å². The Hall–Kier alpha value is -3.11. The lowest BCUT2D eigenvalue weighted by Crippen LogP contribution is -2.26. The van der Waals surface area contributed by atoms with Gasteiger partial charge in [0.1, 0.15) is 11.1 Å². The molecule has 2 N–H and O–H groups in total. The molecule has 1 saturated heterocycles. The molecule has 1 saturated carbocycles. The second-order valence-electron chi connectivity index (χ2n) is 8.18. The molecule has 172 valence electrons. The van der Waals surface area contributed by atoms with Crippen molar-refractivity contribution in [2.24, 2.45) is 0 Å². The minimum atomic E-state index is -3.28. The second-order valence-corrected chi connectivity index (χ2v) is 10.5. The van der Waals surface area contributed by atoms with Crippen molar-refractivity contribution >= 4 is 33.0 Å². The lowest BCUT2D eigenvalue weighted by Gasteiger charge is -2.19. The number of nitrogens with one attached hydrogen (secondary N) is 2. The number of aromatic nitrogens is 3. The Bertz CT molecular complexity index is 1330. The molecule has 1 aromatic carbocycles. The first kappa shape index (κ1) is 21.7. The number of pyridine rings is 1. The zero-order valence-electron chi connectivity index (χ0n) is 17.6. The van der Waals surface area contributed by atoms with Crippen molar-refractivity contribution in [3.63, 3.8) is 0 Å². The van der Waals surface area contributed by atoms with Gasteiger partial charge in [0.05, 0.1) is 23.7 Å². The molecule has 2 aliphatic rings. The van der Waals surface area contributed by atoms with Crippen LogP contribution in [-0.2, 0) is 10.0 Å². The number of nitrogens with zero attached hydrogens (tertiary/aromatic N) is 3. The molecule has 3 heterocycles. The van der Waals surface area contributed by atoms with Crippen molar-refractivity contribution in [2.45, 2.75) is 30.6 Å². The average Bonchev–Trinajstić information content (AvgIpc) is 3.57. The standard InChI is InChI=1S/C22H22ClN5O4S/c23-21-19(12-25-26-22(21)29)28-10-8-17(13-28)32-20-11-15(7-9-24-20)14-1-3-16(4-2-14)27-33(30,31)18-5-6-18/h1-4,7,9,11-12,17-18,27H,5-6,8,10,13H2,(H,26,29)/t17-/m1/s1. The quantitative estimate of drug-likeness (QED) is 0.526. The van der Waals surface area contributed by atoms with E-state index in [0.717, 1.165) is 30.4 Å². The molecule has 1 aliphatic carbocycles. The summed E-state index contributed by atoms with van der Waals surface area (Å²) in [6.45, 7) is 1.25. The Kier molecular flexibility index (Phi) is 5.71. The fraction of sp³-hybridized carbons (Fsp3) is 0.318. The van der Waals surface area contributed by atoms with Crippen LogP contribution in [0.3, 0.4) is 0 Å². The minimum Gasteiger partial charge on any atom is -0.472 e. The van der Waals surface area contributed by atoms with Crippen LogP contribution in [-0.4, -0.2) is 48.0 Å². The van der Waals surface area contributed by atoms with Gasteiger partial charge in [-0.05, 0) is 42.2 Å². The van der Waals surface area contributed by atoms with Crippen LogP contribution in [0.5, 0.6) is 5.88 Å². The normalized spacial score (nSPS) is 18.3. The van der Waals surface area contributed by atoms with Gasteiger partial charge in [0.2, 0.25) is 15.9 Å². The molecule has 0 bridgehead atoms. The van der Waals surface area contributed by atoms with Gasteiger partial charge in [-0.3, -0.25) is 9.52 Å². The topological polar surface area (TPSA) is 117 Å². The van der Waals surface area contributed by atoms with Gasteiger partial charge in [0.25, 0.3) is 5.56 Å². The third-order valence-electron chi connectivity index (χ3n) is 5.73. The molecule has 3 aromatic rings. The van der Waals surface area contributed by atoms with Gasteiger partial charge in [0, 0.05) is 30.9 Å². The van der Waals surface area contributed by atoms with Gasteiger partial charge in [0.15, 0.2) is 0 Å². The smallest absolute Gasteiger partial charge is 0.285 e. The molecule has 9 nitrogen and oxygen atoms in total. The van der Waals surface area contributed by atoms with Crippen molar-refractivity contribution in [2.75, 3.05) is 22.7 Å². The SMILES string of the molecule is O=c1[nH]ncc(N2CC[C@@H](Oc3cc(-c4ccc(NS(=O)(=O)C5CC5)cc4)ccn3)C2)c1Cl. The van der Waals surface area contributed by atoms with Gasteiger partial charge in [-0.1, -0.05) is 23.7 Å². The molecule has 2 aromatic heterocycles. The maximum absolute atomic E-state index is 12.1. The highest BCUT2D eigenvalue weighted by Crippen LogP contribution is 2.31. The zero-order chi connectivity index (χ0) is 23.0. The summed E-state index contributed by atoms with van der Waals surface area (Å²) in [5, 5.41) is 6.00. The largest absolute Gasteiger partial charge is 0.472 e. The van der Waals surface area contributed by atoms with E-state index in [4.69, 9.17) is 16.3 Å². The number of benzene rings is 1. The summed E-state index contributed by atoms with van der Waals surface area (Å²) in [5.41, 5.74) is 2.55. The summed E-state index contributed by atoms with van der Waals surface area (Å²) < 4.78 is 32.9. The first-order valence-electron chi connectivity index (χ1n) is 10.6. The predicted octanol–water partition coefficient (Wildman–Crippen LogP) is 3.05. The Balaban J connectivity index is 1.25. The number of rotatable bonds is 7. The van der Waals surface area contributed by atoms with Crippen LogP contribution < -0.4 is 19.9 Å². The van der Waals surface area contributed by atoms with Crippen LogP contribution in [0.2, 0.25) is 5.02 Å². The van der Waals surface area contributed by atoms with Gasteiger partial charge in [-0.2, -0.15) is 5.10 Å². The summed E-state index contributed by atoms with van der Waals surface area (Å²) >= 11 is 6.12. The average molecular weight is 488 g/mol. The number of H-pyrrole nitrogens is 1. The third-order valence-corrected chi connectivity index (χ3v) is 7.96. The Morgan fingerprint density at radius 3 is 2.67 bits per heavy atom. The first-order chi connectivity index (χ1) is 15.9. The Labute approximate surface area is 195 Å².